The van der Waals surface area contributed by atoms with Crippen LogP contribution < -0.4 is 16.0 Å². The fourth-order valence-corrected chi connectivity index (χ4v) is 2.50. The Kier molecular flexibility index (Phi) is 4.30. The van der Waals surface area contributed by atoms with Gasteiger partial charge in [0.1, 0.15) is 12.4 Å². The molecule has 5 heteroatoms. The summed E-state index contributed by atoms with van der Waals surface area (Å²) in [6, 6.07) is 6.36. The second-order valence-corrected chi connectivity index (χ2v) is 6.91. The molecule has 0 spiro atoms. The van der Waals surface area contributed by atoms with Crippen LogP contribution in [-0.4, -0.2) is 4.98 Å². The Bertz CT molecular complexity index is 587. The van der Waals surface area contributed by atoms with Gasteiger partial charge in [-0.15, -0.1) is 0 Å². The van der Waals surface area contributed by atoms with Gasteiger partial charge in [0, 0.05) is 6.20 Å². The highest BCUT2D eigenvalue weighted by atomic mass is 32.1. The van der Waals surface area contributed by atoms with Gasteiger partial charge in [-0.25, -0.2) is 10.8 Å². The van der Waals surface area contributed by atoms with Gasteiger partial charge in [-0.05, 0) is 29.5 Å². The number of benzene rings is 1. The van der Waals surface area contributed by atoms with E-state index in [1.165, 1.54) is 16.9 Å². The van der Waals surface area contributed by atoms with Crippen LogP contribution >= 0.6 is 11.3 Å². The van der Waals surface area contributed by atoms with Crippen LogP contribution in [0.15, 0.2) is 24.4 Å². The number of nitrogen functional groups attached to an aromatic ring is 1. The number of hydrogen-bond donors (Lipinski definition) is 2. The number of nitrogens with two attached hydrogens (primary N) is 1. The van der Waals surface area contributed by atoms with Crippen molar-refractivity contribution in [1.29, 1.82) is 0 Å². The summed E-state index contributed by atoms with van der Waals surface area (Å²) < 4.78 is 5.85. The zero-order valence-corrected chi connectivity index (χ0v) is 13.2. The van der Waals surface area contributed by atoms with Crippen molar-refractivity contribution in [1.82, 2.24) is 4.98 Å². The molecule has 0 amide bonds. The number of hydrogen-bond acceptors (Lipinski definition) is 5. The number of ether oxygens (including phenoxy) is 1. The topological polar surface area (TPSA) is 60.2 Å². The van der Waals surface area contributed by atoms with Crippen molar-refractivity contribution in [2.24, 2.45) is 5.84 Å². The normalized spacial score (nSPS) is 11.4. The molecule has 0 bridgehead atoms. The largest absolute Gasteiger partial charge is 0.488 e. The molecule has 0 radical (unpaired) electrons. The monoisotopic (exact) mass is 291 g/mol. The maximum absolute atomic E-state index is 5.85. The maximum Gasteiger partial charge on any atom is 0.197 e. The molecule has 4 nitrogen and oxygen atoms in total. The highest BCUT2D eigenvalue weighted by Crippen LogP contribution is 2.28. The van der Waals surface area contributed by atoms with E-state index in [2.05, 4.69) is 50.2 Å². The Morgan fingerprint density at radius 1 is 1.35 bits per heavy atom. The van der Waals surface area contributed by atoms with Crippen LogP contribution in [0.3, 0.4) is 0 Å². The number of hydrazine groups is 1. The van der Waals surface area contributed by atoms with E-state index in [1.54, 1.807) is 6.20 Å². The lowest BCUT2D eigenvalue weighted by atomic mass is 9.86. The summed E-state index contributed by atoms with van der Waals surface area (Å²) in [5.41, 5.74) is 5.15. The van der Waals surface area contributed by atoms with Crippen molar-refractivity contribution in [3.8, 4) is 5.75 Å². The van der Waals surface area contributed by atoms with E-state index >= 15 is 0 Å². The number of thiazole rings is 1. The summed E-state index contributed by atoms with van der Waals surface area (Å²) in [6.45, 7) is 9.21. The molecule has 0 aliphatic heterocycles. The molecule has 1 aromatic heterocycles. The van der Waals surface area contributed by atoms with Gasteiger partial charge in [-0.1, -0.05) is 44.2 Å². The van der Waals surface area contributed by atoms with Gasteiger partial charge < -0.3 is 4.74 Å². The second kappa shape index (κ2) is 5.81. The van der Waals surface area contributed by atoms with Crippen molar-refractivity contribution in [3.63, 3.8) is 0 Å². The molecule has 1 heterocycles. The van der Waals surface area contributed by atoms with Gasteiger partial charge in [0.05, 0.1) is 4.88 Å². The Hall–Kier alpha value is -1.59. The van der Waals surface area contributed by atoms with Crippen molar-refractivity contribution < 1.29 is 4.74 Å². The summed E-state index contributed by atoms with van der Waals surface area (Å²) in [4.78, 5) is 5.16. The first-order chi connectivity index (χ1) is 9.40. The molecule has 3 N–H and O–H groups in total. The zero-order chi connectivity index (χ0) is 14.8. The van der Waals surface area contributed by atoms with Crippen LogP contribution in [0, 0.1) is 6.92 Å². The van der Waals surface area contributed by atoms with Gasteiger partial charge >= 0.3 is 0 Å². The van der Waals surface area contributed by atoms with Crippen molar-refractivity contribution in [3.05, 3.63) is 40.4 Å². The fraction of sp³-hybridized carbons (Fsp3) is 0.400. The van der Waals surface area contributed by atoms with E-state index in [-0.39, 0.29) is 5.41 Å². The molecule has 0 unspecified atom stereocenters. The highest BCUT2D eigenvalue weighted by molar-refractivity contribution is 7.15. The Labute approximate surface area is 124 Å². The van der Waals surface area contributed by atoms with Gasteiger partial charge in [0.2, 0.25) is 0 Å². The van der Waals surface area contributed by atoms with Gasteiger partial charge in [-0.3, -0.25) is 5.43 Å². The molecule has 1 aromatic carbocycles. The summed E-state index contributed by atoms with van der Waals surface area (Å²) in [7, 11) is 0. The third kappa shape index (κ3) is 3.49. The predicted octanol–water partition coefficient (Wildman–Crippen LogP) is 3.61. The van der Waals surface area contributed by atoms with E-state index in [1.807, 2.05) is 6.07 Å². The number of aromatic nitrogens is 1. The lowest BCUT2D eigenvalue weighted by molar-refractivity contribution is 0.307. The lowest BCUT2D eigenvalue weighted by Gasteiger charge is -2.20. The molecular weight excluding hydrogens is 270 g/mol. The molecular formula is C15H21N3OS. The molecule has 0 saturated heterocycles. The summed E-state index contributed by atoms with van der Waals surface area (Å²) in [6.07, 6.45) is 1.78. The summed E-state index contributed by atoms with van der Waals surface area (Å²) in [5, 5.41) is 0.698. The van der Waals surface area contributed by atoms with E-state index < -0.39 is 0 Å². The highest BCUT2D eigenvalue weighted by Gasteiger charge is 2.14. The molecule has 2 rings (SSSR count). The average molecular weight is 291 g/mol. The first kappa shape index (κ1) is 14.8. The number of rotatable bonds is 4. The first-order valence-electron chi connectivity index (χ1n) is 6.55. The van der Waals surface area contributed by atoms with E-state index in [0.29, 0.717) is 11.7 Å². The molecule has 0 aliphatic rings. The maximum atomic E-state index is 5.85. The van der Waals surface area contributed by atoms with Crippen LogP contribution in [-0.2, 0) is 12.0 Å². The summed E-state index contributed by atoms with van der Waals surface area (Å²) in [5.74, 6) is 6.22. The molecule has 108 valence electrons. The lowest BCUT2D eigenvalue weighted by Crippen LogP contribution is -2.11. The van der Waals surface area contributed by atoms with Gasteiger partial charge in [0.15, 0.2) is 5.13 Å². The minimum absolute atomic E-state index is 0.155. The zero-order valence-electron chi connectivity index (χ0n) is 12.4. The van der Waals surface area contributed by atoms with Crippen molar-refractivity contribution in [2.75, 3.05) is 5.43 Å². The quantitative estimate of drug-likeness (QED) is 0.667. The number of aryl methyl sites for hydroxylation is 1. The standard InChI is InChI=1S/C15H21N3OS/c1-10-7-11(15(2,3)4)5-6-13(10)19-9-12-8-17-14(18-16)20-12/h5-8H,9,16H2,1-4H3,(H,17,18). The van der Waals surface area contributed by atoms with Crippen LogP contribution in [0.1, 0.15) is 36.8 Å². The van der Waals surface area contributed by atoms with E-state index in [4.69, 9.17) is 10.6 Å². The number of anilines is 1. The predicted molar refractivity (Wildman–Crippen MR) is 84.1 cm³/mol. The van der Waals surface area contributed by atoms with Crippen LogP contribution in [0.25, 0.3) is 0 Å². The molecule has 0 atom stereocenters. The van der Waals surface area contributed by atoms with Gasteiger partial charge in [0.25, 0.3) is 0 Å². The third-order valence-corrected chi connectivity index (χ3v) is 3.99. The molecule has 0 aliphatic carbocycles. The van der Waals surface area contributed by atoms with Crippen LogP contribution in [0.2, 0.25) is 0 Å². The molecule has 20 heavy (non-hydrogen) atoms. The van der Waals surface area contributed by atoms with E-state index in [9.17, 15) is 0 Å². The number of nitrogens with zero attached hydrogens (tertiary/aromatic N) is 1. The molecule has 0 fully saturated rings. The average Bonchev–Trinajstić information content (AvgIpc) is 2.84. The van der Waals surface area contributed by atoms with Crippen molar-refractivity contribution in [2.45, 2.75) is 39.7 Å². The SMILES string of the molecule is Cc1cc(C(C)(C)C)ccc1OCc1cnc(NN)s1. The second-order valence-electron chi connectivity index (χ2n) is 5.80. The van der Waals surface area contributed by atoms with E-state index in [0.717, 1.165) is 16.2 Å². The Morgan fingerprint density at radius 2 is 2.10 bits per heavy atom. The third-order valence-electron chi connectivity index (χ3n) is 3.09. The minimum atomic E-state index is 0.155. The van der Waals surface area contributed by atoms with Crippen LogP contribution in [0.4, 0.5) is 5.13 Å². The first-order valence-corrected chi connectivity index (χ1v) is 7.37. The minimum Gasteiger partial charge on any atom is -0.488 e. The van der Waals surface area contributed by atoms with Crippen LogP contribution in [0.5, 0.6) is 5.75 Å². The Balaban J connectivity index is 2.06. The smallest absolute Gasteiger partial charge is 0.197 e. The van der Waals surface area contributed by atoms with Gasteiger partial charge in [-0.2, -0.15) is 0 Å². The van der Waals surface area contributed by atoms with Crippen molar-refractivity contribution >= 4 is 16.5 Å². The fourth-order valence-electron chi connectivity index (χ4n) is 1.87. The molecule has 0 saturated carbocycles. The molecule has 2 aromatic rings. The number of nitrogens with one attached hydrogen (secondary N) is 1. The Morgan fingerprint density at radius 3 is 2.65 bits per heavy atom. The summed E-state index contributed by atoms with van der Waals surface area (Å²) >= 11 is 1.49.